The van der Waals surface area contributed by atoms with Crippen molar-refractivity contribution in [2.24, 2.45) is 0 Å². The lowest BCUT2D eigenvalue weighted by molar-refractivity contribution is 0.128. The molecular formula is C20H31NO. The Balaban J connectivity index is 2.66. The molecule has 0 atom stereocenters. The van der Waals surface area contributed by atoms with Gasteiger partial charge in [-0.25, -0.2) is 0 Å². The molecule has 22 heavy (non-hydrogen) atoms. The van der Waals surface area contributed by atoms with E-state index in [-0.39, 0.29) is 16.4 Å². The van der Waals surface area contributed by atoms with Crippen LogP contribution in [0.2, 0.25) is 0 Å². The second-order valence-electron chi connectivity index (χ2n) is 9.33. The average molecular weight is 301 g/mol. The topological polar surface area (TPSA) is 25.0 Å². The van der Waals surface area contributed by atoms with Crippen LogP contribution in [0.1, 0.15) is 73.6 Å². The van der Waals surface area contributed by atoms with Crippen LogP contribution in [-0.2, 0) is 10.8 Å². The van der Waals surface area contributed by atoms with Gasteiger partial charge in [-0.1, -0.05) is 41.5 Å². The highest BCUT2D eigenvalue weighted by Crippen LogP contribution is 2.37. The van der Waals surface area contributed by atoms with Crippen LogP contribution in [-0.4, -0.2) is 10.6 Å². The van der Waals surface area contributed by atoms with E-state index < -0.39 is 0 Å². The number of nitrogens with one attached hydrogen (secondary N) is 1. The predicted octanol–water partition coefficient (Wildman–Crippen LogP) is 5.94. The summed E-state index contributed by atoms with van der Waals surface area (Å²) in [5.74, 6) is 0.981. The third-order valence-corrected chi connectivity index (χ3v) is 3.75. The van der Waals surface area contributed by atoms with Crippen LogP contribution in [0.3, 0.4) is 0 Å². The van der Waals surface area contributed by atoms with Gasteiger partial charge >= 0.3 is 0 Å². The molecule has 1 aromatic heterocycles. The minimum absolute atomic E-state index is 0.0495. The van der Waals surface area contributed by atoms with Crippen molar-refractivity contribution in [3.8, 4) is 5.75 Å². The first kappa shape index (κ1) is 16.9. The summed E-state index contributed by atoms with van der Waals surface area (Å²) in [5, 5.41) is 1.26. The smallest absolute Gasteiger partial charge is 0.125 e. The summed E-state index contributed by atoms with van der Waals surface area (Å²) in [6.07, 6.45) is 0. The highest BCUT2D eigenvalue weighted by Gasteiger charge is 2.24. The van der Waals surface area contributed by atoms with E-state index in [1.165, 1.54) is 16.6 Å². The van der Waals surface area contributed by atoms with E-state index in [2.05, 4.69) is 85.5 Å². The lowest BCUT2D eigenvalue weighted by atomic mass is 9.85. The van der Waals surface area contributed by atoms with Crippen molar-refractivity contribution in [3.05, 3.63) is 29.5 Å². The molecule has 2 rings (SSSR count). The van der Waals surface area contributed by atoms with Crippen molar-refractivity contribution in [1.82, 2.24) is 4.98 Å². The van der Waals surface area contributed by atoms with Gasteiger partial charge in [0.05, 0.1) is 0 Å². The van der Waals surface area contributed by atoms with Crippen LogP contribution in [0.25, 0.3) is 10.9 Å². The first-order valence-electron chi connectivity index (χ1n) is 8.14. The Morgan fingerprint density at radius 3 is 1.82 bits per heavy atom. The van der Waals surface area contributed by atoms with E-state index in [9.17, 15) is 0 Å². The van der Waals surface area contributed by atoms with Crippen molar-refractivity contribution in [1.29, 1.82) is 0 Å². The molecule has 1 aromatic carbocycles. The van der Waals surface area contributed by atoms with Gasteiger partial charge in [-0.3, -0.25) is 0 Å². The molecule has 0 radical (unpaired) electrons. The molecule has 0 aliphatic heterocycles. The first-order chi connectivity index (χ1) is 9.77. The fourth-order valence-corrected chi connectivity index (χ4v) is 2.57. The number of H-pyrrole nitrogens is 1. The summed E-state index contributed by atoms with van der Waals surface area (Å²) in [4.78, 5) is 3.56. The van der Waals surface area contributed by atoms with Gasteiger partial charge in [-0.05, 0) is 38.3 Å². The number of benzene rings is 1. The van der Waals surface area contributed by atoms with Gasteiger partial charge in [-0.2, -0.15) is 0 Å². The Hall–Kier alpha value is -1.44. The zero-order valence-electron chi connectivity index (χ0n) is 15.6. The summed E-state index contributed by atoms with van der Waals surface area (Å²) in [5.41, 5.74) is 3.63. The third kappa shape index (κ3) is 3.66. The number of ether oxygens (including phenoxy) is 1. The largest absolute Gasteiger partial charge is 0.488 e. The van der Waals surface area contributed by atoms with Gasteiger partial charge in [0.25, 0.3) is 0 Å². The standard InChI is InChI=1S/C20H31NO/c1-18(2,3)14-10-13-11-17(19(4,5)6)21-15(13)12-16(14)22-20(7,8)9/h10-12,21H,1-9H3. The van der Waals surface area contributed by atoms with Crippen molar-refractivity contribution in [2.45, 2.75) is 78.7 Å². The lowest BCUT2D eigenvalue weighted by Gasteiger charge is -2.28. The molecule has 0 bridgehead atoms. The maximum atomic E-state index is 6.24. The molecular weight excluding hydrogens is 270 g/mol. The number of hydrogen-bond donors (Lipinski definition) is 1. The Labute approximate surface area is 135 Å². The van der Waals surface area contributed by atoms with Crippen LogP contribution in [0.15, 0.2) is 18.2 Å². The molecule has 2 heteroatoms. The molecule has 0 amide bonds. The van der Waals surface area contributed by atoms with Crippen LogP contribution in [0, 0.1) is 0 Å². The molecule has 0 saturated heterocycles. The van der Waals surface area contributed by atoms with Gasteiger partial charge in [-0.15, -0.1) is 0 Å². The van der Waals surface area contributed by atoms with Crippen LogP contribution >= 0.6 is 0 Å². The molecule has 2 nitrogen and oxygen atoms in total. The van der Waals surface area contributed by atoms with Crippen molar-refractivity contribution in [2.75, 3.05) is 0 Å². The number of hydrogen-bond acceptors (Lipinski definition) is 1. The van der Waals surface area contributed by atoms with Gasteiger partial charge in [0.15, 0.2) is 0 Å². The fraction of sp³-hybridized carbons (Fsp3) is 0.600. The van der Waals surface area contributed by atoms with Crippen LogP contribution in [0.5, 0.6) is 5.75 Å². The molecule has 122 valence electrons. The van der Waals surface area contributed by atoms with Gasteiger partial charge < -0.3 is 9.72 Å². The van der Waals surface area contributed by atoms with Crippen molar-refractivity contribution >= 4 is 10.9 Å². The number of aromatic amines is 1. The molecule has 0 aliphatic carbocycles. The molecule has 0 fully saturated rings. The van der Waals surface area contributed by atoms with E-state index in [0.717, 1.165) is 11.3 Å². The van der Waals surface area contributed by atoms with E-state index in [4.69, 9.17) is 4.74 Å². The van der Waals surface area contributed by atoms with E-state index in [0.29, 0.717) is 0 Å². The highest BCUT2D eigenvalue weighted by molar-refractivity contribution is 5.84. The van der Waals surface area contributed by atoms with Gasteiger partial charge in [0.1, 0.15) is 11.4 Å². The Morgan fingerprint density at radius 1 is 0.773 bits per heavy atom. The summed E-state index contributed by atoms with van der Waals surface area (Å²) in [7, 11) is 0. The molecule has 2 aromatic rings. The second kappa shape index (κ2) is 5.04. The number of rotatable bonds is 1. The van der Waals surface area contributed by atoms with Gasteiger partial charge in [0, 0.05) is 33.6 Å². The minimum Gasteiger partial charge on any atom is -0.488 e. The van der Waals surface area contributed by atoms with Crippen molar-refractivity contribution < 1.29 is 4.74 Å². The Kier molecular flexibility index (Phi) is 3.88. The number of aromatic nitrogens is 1. The Morgan fingerprint density at radius 2 is 1.36 bits per heavy atom. The minimum atomic E-state index is -0.201. The predicted molar refractivity (Wildman–Crippen MR) is 96.1 cm³/mol. The normalized spacial score (nSPS) is 13.7. The highest BCUT2D eigenvalue weighted by atomic mass is 16.5. The zero-order valence-corrected chi connectivity index (χ0v) is 15.6. The zero-order chi connectivity index (χ0) is 16.9. The molecule has 1 N–H and O–H groups in total. The summed E-state index contributed by atoms with van der Waals surface area (Å²) >= 11 is 0. The third-order valence-electron chi connectivity index (χ3n) is 3.75. The molecule has 1 heterocycles. The maximum absolute atomic E-state index is 6.24. The maximum Gasteiger partial charge on any atom is 0.125 e. The van der Waals surface area contributed by atoms with Crippen LogP contribution in [0.4, 0.5) is 0 Å². The van der Waals surface area contributed by atoms with E-state index >= 15 is 0 Å². The molecule has 0 aliphatic rings. The molecule has 0 unspecified atom stereocenters. The molecule has 0 saturated carbocycles. The first-order valence-corrected chi connectivity index (χ1v) is 8.14. The number of fused-ring (bicyclic) bond motifs is 1. The monoisotopic (exact) mass is 301 g/mol. The van der Waals surface area contributed by atoms with Gasteiger partial charge in [0.2, 0.25) is 0 Å². The van der Waals surface area contributed by atoms with E-state index in [1.807, 2.05) is 0 Å². The molecule has 0 spiro atoms. The SMILES string of the molecule is CC(C)(C)Oc1cc2[nH]c(C(C)(C)C)cc2cc1C(C)(C)C. The van der Waals surface area contributed by atoms with Crippen LogP contribution < -0.4 is 4.74 Å². The Bertz CT molecular complexity index is 673. The fourth-order valence-electron chi connectivity index (χ4n) is 2.57. The lowest BCUT2D eigenvalue weighted by Crippen LogP contribution is -2.25. The summed E-state index contributed by atoms with van der Waals surface area (Å²) < 4.78 is 6.24. The van der Waals surface area contributed by atoms with E-state index in [1.54, 1.807) is 0 Å². The quantitative estimate of drug-likeness (QED) is 0.692. The second-order valence-corrected chi connectivity index (χ2v) is 9.33. The summed E-state index contributed by atoms with van der Waals surface area (Å²) in [6.45, 7) is 19.7. The summed E-state index contributed by atoms with van der Waals surface area (Å²) in [6, 6.07) is 6.71. The average Bonchev–Trinajstić information content (AvgIpc) is 2.66. The van der Waals surface area contributed by atoms with Crippen molar-refractivity contribution in [3.63, 3.8) is 0 Å².